The average molecular weight is 266 g/mol. The summed E-state index contributed by atoms with van der Waals surface area (Å²) >= 11 is 0. The number of aliphatic hydroxyl groups is 6. The van der Waals surface area contributed by atoms with Gasteiger partial charge >= 0.3 is 0 Å². The number of rotatable bonds is 3. The van der Waals surface area contributed by atoms with E-state index in [1.807, 2.05) is 0 Å². The van der Waals surface area contributed by atoms with Gasteiger partial charge < -0.3 is 40.1 Å². The summed E-state index contributed by atoms with van der Waals surface area (Å²) < 4.78 is 10.4. The molecule has 2 aliphatic rings. The highest BCUT2D eigenvalue weighted by Crippen LogP contribution is 2.32. The minimum Gasteiger partial charge on any atom is -0.394 e. The lowest BCUT2D eigenvalue weighted by atomic mass is 9.99. The van der Waals surface area contributed by atoms with E-state index in [4.69, 9.17) is 19.7 Å². The number of ether oxygens (including phenoxy) is 2. The monoisotopic (exact) mass is 266 g/mol. The molecule has 0 amide bonds. The molecular formula is C10H18O8. The fraction of sp³-hybridized carbons (Fsp3) is 1.00. The zero-order chi connectivity index (χ0) is 13.4. The van der Waals surface area contributed by atoms with Crippen LogP contribution >= 0.6 is 0 Å². The first kappa shape index (κ1) is 14.1. The summed E-state index contributed by atoms with van der Waals surface area (Å²) in [6.07, 6.45) is -9.34. The summed E-state index contributed by atoms with van der Waals surface area (Å²) in [4.78, 5) is 0. The van der Waals surface area contributed by atoms with E-state index in [-0.39, 0.29) is 0 Å². The molecule has 0 spiro atoms. The van der Waals surface area contributed by atoms with Crippen LogP contribution in [0.4, 0.5) is 0 Å². The van der Waals surface area contributed by atoms with Crippen molar-refractivity contribution in [2.24, 2.45) is 0 Å². The highest BCUT2D eigenvalue weighted by Gasteiger charge is 2.54. The Morgan fingerprint density at radius 2 is 0.944 bits per heavy atom. The van der Waals surface area contributed by atoms with Gasteiger partial charge in [-0.3, -0.25) is 0 Å². The number of hydrogen-bond donors (Lipinski definition) is 6. The predicted octanol–water partition coefficient (Wildman–Crippen LogP) is -4.05. The Morgan fingerprint density at radius 3 is 1.17 bits per heavy atom. The first-order chi connectivity index (χ1) is 8.51. The van der Waals surface area contributed by atoms with Crippen LogP contribution in [0.1, 0.15) is 0 Å². The number of aliphatic hydroxyl groups excluding tert-OH is 6. The molecule has 0 saturated carbocycles. The van der Waals surface area contributed by atoms with E-state index in [0.29, 0.717) is 0 Å². The lowest BCUT2D eigenvalue weighted by Gasteiger charge is -2.23. The second-order valence-corrected chi connectivity index (χ2v) is 4.61. The van der Waals surface area contributed by atoms with Gasteiger partial charge in [-0.25, -0.2) is 0 Å². The van der Waals surface area contributed by atoms with E-state index in [1.54, 1.807) is 0 Å². The van der Waals surface area contributed by atoms with Crippen LogP contribution in [0, 0.1) is 0 Å². The van der Waals surface area contributed by atoms with Gasteiger partial charge in [-0.2, -0.15) is 0 Å². The van der Waals surface area contributed by atoms with Crippen molar-refractivity contribution in [1.82, 2.24) is 0 Å². The zero-order valence-electron chi connectivity index (χ0n) is 9.53. The normalized spacial score (nSPS) is 53.0. The molecule has 2 aliphatic heterocycles. The van der Waals surface area contributed by atoms with Gasteiger partial charge in [-0.05, 0) is 0 Å². The van der Waals surface area contributed by atoms with Crippen LogP contribution in [0.2, 0.25) is 0 Å². The quantitative estimate of drug-likeness (QED) is 0.303. The number of hydrogen-bond acceptors (Lipinski definition) is 8. The molecule has 8 nitrogen and oxygen atoms in total. The highest BCUT2D eigenvalue weighted by atomic mass is 16.6. The standard InChI is InChI=1S/C10H18O8/c11-1-3-5(13)7(15)9(17-3)10-8(16)6(14)4(2-12)18-10/h3-16H,1-2H2/t3-,4-,5-,6?,7-,8-,9?,10?/m1/s1. The Hall–Kier alpha value is -0.320. The molecule has 0 radical (unpaired) electrons. The first-order valence-electron chi connectivity index (χ1n) is 5.76. The summed E-state index contributed by atoms with van der Waals surface area (Å²) in [5.41, 5.74) is 0. The maximum Gasteiger partial charge on any atom is 0.115 e. The van der Waals surface area contributed by atoms with Crippen molar-refractivity contribution >= 4 is 0 Å². The van der Waals surface area contributed by atoms with E-state index < -0.39 is 62.0 Å². The van der Waals surface area contributed by atoms with Gasteiger partial charge in [0.15, 0.2) is 0 Å². The maximum atomic E-state index is 9.76. The van der Waals surface area contributed by atoms with Crippen LogP contribution in [0.25, 0.3) is 0 Å². The Morgan fingerprint density at radius 1 is 0.611 bits per heavy atom. The third-order valence-electron chi connectivity index (χ3n) is 3.48. The first-order valence-corrected chi connectivity index (χ1v) is 5.76. The van der Waals surface area contributed by atoms with Crippen LogP contribution in [0.5, 0.6) is 0 Å². The zero-order valence-corrected chi connectivity index (χ0v) is 9.53. The fourth-order valence-corrected chi connectivity index (χ4v) is 2.40. The minimum absolute atomic E-state index is 0.483. The summed E-state index contributed by atoms with van der Waals surface area (Å²) in [5, 5.41) is 56.6. The van der Waals surface area contributed by atoms with Gasteiger partial charge in [0.2, 0.25) is 0 Å². The lowest BCUT2D eigenvalue weighted by molar-refractivity contribution is -0.121. The van der Waals surface area contributed by atoms with Crippen LogP contribution in [-0.4, -0.2) is 92.7 Å². The molecule has 2 saturated heterocycles. The van der Waals surface area contributed by atoms with Crippen molar-refractivity contribution in [3.05, 3.63) is 0 Å². The predicted molar refractivity (Wildman–Crippen MR) is 55.5 cm³/mol. The summed E-state index contributed by atoms with van der Waals surface area (Å²) in [6, 6.07) is 0. The molecule has 3 unspecified atom stereocenters. The van der Waals surface area contributed by atoms with Crippen molar-refractivity contribution in [3.63, 3.8) is 0 Å². The second kappa shape index (κ2) is 5.35. The van der Waals surface area contributed by atoms with E-state index in [2.05, 4.69) is 0 Å². The molecule has 2 rings (SSSR count). The van der Waals surface area contributed by atoms with Crippen molar-refractivity contribution in [1.29, 1.82) is 0 Å². The van der Waals surface area contributed by atoms with Crippen molar-refractivity contribution < 1.29 is 40.1 Å². The van der Waals surface area contributed by atoms with Gasteiger partial charge in [0.1, 0.15) is 48.8 Å². The van der Waals surface area contributed by atoms with E-state index in [9.17, 15) is 20.4 Å². The van der Waals surface area contributed by atoms with Gasteiger partial charge in [0, 0.05) is 0 Å². The van der Waals surface area contributed by atoms with Crippen LogP contribution in [0.3, 0.4) is 0 Å². The van der Waals surface area contributed by atoms with Crippen LogP contribution in [-0.2, 0) is 9.47 Å². The van der Waals surface area contributed by atoms with Crippen molar-refractivity contribution in [2.45, 2.75) is 48.8 Å². The Bertz CT molecular complexity index is 259. The minimum atomic E-state index is -1.34. The molecule has 0 bridgehead atoms. The molecule has 0 aromatic carbocycles. The van der Waals surface area contributed by atoms with E-state index >= 15 is 0 Å². The summed E-state index contributed by atoms with van der Waals surface area (Å²) in [7, 11) is 0. The van der Waals surface area contributed by atoms with Crippen LogP contribution < -0.4 is 0 Å². The molecule has 8 atom stereocenters. The molecule has 0 aromatic heterocycles. The SMILES string of the molecule is OC[C@H]1OC(C2O[C@H](CO)[C@@H](O)[C@H]2O)[C@H](O)C1O. The molecule has 0 aromatic rings. The maximum absolute atomic E-state index is 9.76. The Balaban J connectivity index is 2.09. The molecule has 0 aliphatic carbocycles. The van der Waals surface area contributed by atoms with Crippen LogP contribution in [0.15, 0.2) is 0 Å². The third-order valence-corrected chi connectivity index (χ3v) is 3.48. The molecule has 18 heavy (non-hydrogen) atoms. The van der Waals surface area contributed by atoms with Crippen molar-refractivity contribution in [2.75, 3.05) is 13.2 Å². The average Bonchev–Trinajstić information content (AvgIpc) is 2.81. The Labute approximate surface area is 103 Å². The lowest BCUT2D eigenvalue weighted by Crippen LogP contribution is -2.45. The van der Waals surface area contributed by atoms with Crippen molar-refractivity contribution in [3.8, 4) is 0 Å². The molecule has 2 heterocycles. The molecule has 6 N–H and O–H groups in total. The van der Waals surface area contributed by atoms with Gasteiger partial charge in [-0.15, -0.1) is 0 Å². The third kappa shape index (κ3) is 2.15. The topological polar surface area (TPSA) is 140 Å². The molecule has 2 fully saturated rings. The van der Waals surface area contributed by atoms with Gasteiger partial charge in [-0.1, -0.05) is 0 Å². The van der Waals surface area contributed by atoms with E-state index in [0.717, 1.165) is 0 Å². The van der Waals surface area contributed by atoms with Gasteiger partial charge in [0.05, 0.1) is 13.2 Å². The molecule has 106 valence electrons. The highest BCUT2D eigenvalue weighted by molar-refractivity contribution is 5.02. The molecule has 8 heteroatoms. The largest absolute Gasteiger partial charge is 0.394 e. The smallest absolute Gasteiger partial charge is 0.115 e. The van der Waals surface area contributed by atoms with E-state index in [1.165, 1.54) is 0 Å². The summed E-state index contributed by atoms with van der Waals surface area (Å²) in [5.74, 6) is 0. The summed E-state index contributed by atoms with van der Waals surface area (Å²) in [6.45, 7) is -0.965. The molecular weight excluding hydrogens is 248 g/mol. The second-order valence-electron chi connectivity index (χ2n) is 4.61. The fourth-order valence-electron chi connectivity index (χ4n) is 2.40. The Kier molecular flexibility index (Phi) is 4.19. The van der Waals surface area contributed by atoms with Gasteiger partial charge in [0.25, 0.3) is 0 Å².